The summed E-state index contributed by atoms with van der Waals surface area (Å²) >= 11 is 0. The molecule has 2 heteroatoms. The molecule has 2 rings (SSSR count). The van der Waals surface area contributed by atoms with Crippen molar-refractivity contribution < 1.29 is 0 Å². The van der Waals surface area contributed by atoms with Crippen molar-refractivity contribution in [1.82, 2.24) is 4.98 Å². The molecule has 2 nitrogen and oxygen atoms in total. The number of pyridine rings is 1. The van der Waals surface area contributed by atoms with Gasteiger partial charge in [-0.05, 0) is 41.8 Å². The van der Waals surface area contributed by atoms with Gasteiger partial charge in [-0.15, -0.1) is 19.7 Å². The van der Waals surface area contributed by atoms with E-state index in [-0.39, 0.29) is 0 Å². The van der Waals surface area contributed by atoms with Crippen LogP contribution in [0, 0.1) is 0 Å². The van der Waals surface area contributed by atoms with Gasteiger partial charge in [-0.1, -0.05) is 55.7 Å². The maximum absolute atomic E-state index is 4.36. The van der Waals surface area contributed by atoms with Crippen molar-refractivity contribution in [3.05, 3.63) is 104 Å². The molecule has 1 heterocycles. The van der Waals surface area contributed by atoms with E-state index in [2.05, 4.69) is 73.5 Å². The molecule has 0 aliphatic rings. The van der Waals surface area contributed by atoms with Crippen LogP contribution in [-0.2, 0) is 0 Å². The van der Waals surface area contributed by atoms with Gasteiger partial charge in [0, 0.05) is 18.9 Å². The summed E-state index contributed by atoms with van der Waals surface area (Å²) in [6.45, 7) is 18.8. The molecule has 0 bridgehead atoms. The number of nitrogens with zero attached hydrogens (tertiary/aromatic N) is 1. The molecule has 0 aliphatic carbocycles. The van der Waals surface area contributed by atoms with Crippen LogP contribution in [0.3, 0.4) is 0 Å². The summed E-state index contributed by atoms with van der Waals surface area (Å²) in [5, 5.41) is 3.10. The van der Waals surface area contributed by atoms with Crippen LogP contribution in [0.1, 0.15) is 23.7 Å². The molecule has 25 heavy (non-hydrogen) atoms. The molecule has 1 N–H and O–H groups in total. The maximum Gasteiger partial charge on any atom is 0.0696 e. The average molecular weight is 332 g/mol. The summed E-state index contributed by atoms with van der Waals surface area (Å²) in [6, 6.07) is 12.2. The first-order chi connectivity index (χ1) is 12.1. The fraction of sp³-hybridized carbons (Fsp3) is 0.0870. The molecular weight excluding hydrogens is 304 g/mol. The third-order valence-corrected chi connectivity index (χ3v) is 3.03. The van der Waals surface area contributed by atoms with Gasteiger partial charge in [-0.25, -0.2) is 0 Å². The Labute approximate surface area is 152 Å². The van der Waals surface area contributed by atoms with Gasteiger partial charge in [-0.3, -0.25) is 4.98 Å². The van der Waals surface area contributed by atoms with Gasteiger partial charge in [0.15, 0.2) is 0 Å². The Kier molecular flexibility index (Phi) is 11.7. The molecular formula is C23H28N2. The van der Waals surface area contributed by atoms with Crippen LogP contribution >= 0.6 is 0 Å². The lowest BCUT2D eigenvalue weighted by atomic mass is 10.1. The first kappa shape index (κ1) is 21.9. The molecule has 2 aromatic rings. The van der Waals surface area contributed by atoms with E-state index in [9.17, 15) is 0 Å². The fourth-order valence-corrected chi connectivity index (χ4v) is 1.75. The summed E-state index contributed by atoms with van der Waals surface area (Å²) < 4.78 is 0. The highest BCUT2D eigenvalue weighted by molar-refractivity contribution is 5.72. The van der Waals surface area contributed by atoms with E-state index in [0.29, 0.717) is 0 Å². The minimum Gasteiger partial charge on any atom is -0.388 e. The Hall–Kier alpha value is -3.13. The Morgan fingerprint density at radius 1 is 0.960 bits per heavy atom. The highest BCUT2D eigenvalue weighted by Gasteiger charge is 1.95. The van der Waals surface area contributed by atoms with E-state index in [1.165, 1.54) is 0 Å². The summed E-state index contributed by atoms with van der Waals surface area (Å²) in [7, 11) is 1.91. The number of allylic oxidation sites excluding steroid dienone is 3. The largest absolute Gasteiger partial charge is 0.388 e. The molecule has 0 spiro atoms. The van der Waals surface area contributed by atoms with Crippen LogP contribution in [0.15, 0.2) is 87.6 Å². The third kappa shape index (κ3) is 8.33. The van der Waals surface area contributed by atoms with Crippen molar-refractivity contribution in [1.29, 1.82) is 0 Å². The second-order valence-electron chi connectivity index (χ2n) is 4.82. The lowest BCUT2D eigenvalue weighted by Crippen LogP contribution is -1.86. The van der Waals surface area contributed by atoms with Crippen molar-refractivity contribution >= 4 is 23.4 Å². The molecule has 130 valence electrons. The minimum atomic E-state index is 0.836. The number of hydrogen-bond acceptors (Lipinski definition) is 2. The summed E-state index contributed by atoms with van der Waals surface area (Å²) in [5.41, 5.74) is 5.02. The van der Waals surface area contributed by atoms with Crippen LogP contribution < -0.4 is 5.32 Å². The first-order valence-electron chi connectivity index (χ1n) is 7.95. The average Bonchev–Trinajstić information content (AvgIpc) is 2.68. The van der Waals surface area contributed by atoms with E-state index in [1.807, 2.05) is 38.4 Å². The predicted octanol–water partition coefficient (Wildman–Crippen LogP) is 6.49. The first-order valence-corrected chi connectivity index (χ1v) is 7.95. The molecule has 0 fully saturated rings. The summed E-state index contributed by atoms with van der Waals surface area (Å²) in [4.78, 5) is 4.36. The van der Waals surface area contributed by atoms with Crippen LogP contribution in [0.2, 0.25) is 0 Å². The zero-order valence-electron chi connectivity index (χ0n) is 15.3. The van der Waals surface area contributed by atoms with Crippen molar-refractivity contribution in [3.63, 3.8) is 0 Å². The smallest absolute Gasteiger partial charge is 0.0696 e. The number of aromatic nitrogens is 1. The molecule has 0 unspecified atom stereocenters. The number of benzene rings is 1. The van der Waals surface area contributed by atoms with Crippen LogP contribution in [-0.4, -0.2) is 12.0 Å². The Bertz CT molecular complexity index is 677. The normalized spacial score (nSPS) is 9.04. The van der Waals surface area contributed by atoms with Crippen LogP contribution in [0.5, 0.6) is 0 Å². The minimum absolute atomic E-state index is 0.836. The Morgan fingerprint density at radius 2 is 1.48 bits per heavy atom. The van der Waals surface area contributed by atoms with Gasteiger partial charge in [-0.2, -0.15) is 0 Å². The molecule has 0 atom stereocenters. The van der Waals surface area contributed by atoms with Gasteiger partial charge in [0.05, 0.1) is 5.69 Å². The lowest BCUT2D eigenvalue weighted by Gasteiger charge is -2.01. The lowest BCUT2D eigenvalue weighted by molar-refractivity contribution is 1.27. The zero-order valence-corrected chi connectivity index (χ0v) is 15.3. The van der Waals surface area contributed by atoms with Crippen LogP contribution in [0.4, 0.5) is 5.69 Å². The second-order valence-corrected chi connectivity index (χ2v) is 4.82. The van der Waals surface area contributed by atoms with Gasteiger partial charge in [0.1, 0.15) is 0 Å². The van der Waals surface area contributed by atoms with Crippen molar-refractivity contribution in [3.8, 4) is 0 Å². The van der Waals surface area contributed by atoms with Gasteiger partial charge in [0.2, 0.25) is 0 Å². The van der Waals surface area contributed by atoms with Crippen LogP contribution in [0.25, 0.3) is 17.7 Å². The van der Waals surface area contributed by atoms with E-state index in [1.54, 1.807) is 12.2 Å². The number of nitrogens with one attached hydrogen (secondary N) is 1. The molecule has 0 amide bonds. The van der Waals surface area contributed by atoms with Gasteiger partial charge in [0.25, 0.3) is 0 Å². The Balaban J connectivity index is 0.00000104. The van der Waals surface area contributed by atoms with Crippen molar-refractivity contribution in [2.75, 3.05) is 12.4 Å². The third-order valence-electron chi connectivity index (χ3n) is 3.03. The standard InChI is InChI=1S/C18H18N2.C3H6.C2H4/c1-4-14(2)18-12-9-16(13-20-18)6-5-15-7-10-17(19-3)11-8-15;1-3-2;1-2/h4-13,19H,1-2H2,3H3;3H,1H2,2H3;1-2H2/b6-5-;;. The quantitative estimate of drug-likeness (QED) is 0.500. The monoisotopic (exact) mass is 332 g/mol. The fourth-order valence-electron chi connectivity index (χ4n) is 1.75. The molecule has 0 aliphatic heterocycles. The highest BCUT2D eigenvalue weighted by Crippen LogP contribution is 2.14. The summed E-state index contributed by atoms with van der Waals surface area (Å²) in [5.74, 6) is 0. The predicted molar refractivity (Wildman–Crippen MR) is 116 cm³/mol. The number of hydrogen-bond donors (Lipinski definition) is 1. The molecule has 1 aromatic heterocycles. The highest BCUT2D eigenvalue weighted by atomic mass is 14.8. The van der Waals surface area contributed by atoms with Gasteiger partial charge >= 0.3 is 0 Å². The number of rotatable bonds is 5. The van der Waals surface area contributed by atoms with Gasteiger partial charge < -0.3 is 5.32 Å². The van der Waals surface area contributed by atoms with E-state index in [4.69, 9.17) is 0 Å². The molecule has 0 radical (unpaired) electrons. The molecule has 0 saturated carbocycles. The second kappa shape index (κ2) is 13.3. The maximum atomic E-state index is 4.36. The van der Waals surface area contributed by atoms with E-state index < -0.39 is 0 Å². The number of anilines is 1. The van der Waals surface area contributed by atoms with E-state index >= 15 is 0 Å². The van der Waals surface area contributed by atoms with E-state index in [0.717, 1.165) is 28.1 Å². The van der Waals surface area contributed by atoms with Crippen molar-refractivity contribution in [2.24, 2.45) is 0 Å². The zero-order chi connectivity index (χ0) is 19.1. The summed E-state index contributed by atoms with van der Waals surface area (Å²) in [6.07, 6.45) is 9.41. The SMILES string of the molecule is C=C.C=CC.C=CC(=C)c1ccc(/C=C\c2ccc(NC)cc2)cn1. The molecule has 1 aromatic carbocycles. The van der Waals surface area contributed by atoms with Crippen molar-refractivity contribution in [2.45, 2.75) is 6.92 Å². The topological polar surface area (TPSA) is 24.9 Å². The Morgan fingerprint density at radius 3 is 1.92 bits per heavy atom. The molecule has 0 saturated heterocycles.